The predicted molar refractivity (Wildman–Crippen MR) is 44.9 cm³/mol. The van der Waals surface area contributed by atoms with E-state index in [9.17, 15) is 10.1 Å². The van der Waals surface area contributed by atoms with E-state index in [4.69, 9.17) is 11.6 Å². The Morgan fingerprint density at radius 1 is 1.82 bits per heavy atom. The second-order valence-corrected chi connectivity index (χ2v) is 3.30. The Morgan fingerprint density at radius 3 is 2.91 bits per heavy atom. The van der Waals surface area contributed by atoms with Crippen molar-refractivity contribution >= 4 is 27.5 Å². The van der Waals surface area contributed by atoms with Crippen molar-refractivity contribution in [2.45, 2.75) is 0 Å². The van der Waals surface area contributed by atoms with E-state index >= 15 is 0 Å². The molecule has 0 atom stereocenters. The highest BCUT2D eigenvalue weighted by atomic mass is 79.9. The largest absolute Gasteiger partial charge is 0.366 e. The van der Waals surface area contributed by atoms with Crippen molar-refractivity contribution < 1.29 is 4.92 Å². The first kappa shape index (κ1) is 8.55. The van der Waals surface area contributed by atoms with E-state index in [1.165, 1.54) is 6.08 Å². The lowest BCUT2D eigenvalue weighted by atomic mass is 10.3. The van der Waals surface area contributed by atoms with Gasteiger partial charge in [-0.15, -0.1) is 0 Å². The van der Waals surface area contributed by atoms with Crippen molar-refractivity contribution in [1.29, 1.82) is 0 Å². The molecule has 1 rings (SSSR count). The van der Waals surface area contributed by atoms with E-state index < -0.39 is 4.92 Å². The van der Waals surface area contributed by atoms with Crippen LogP contribution in [-0.4, -0.2) is 11.5 Å². The SMILES string of the molecule is O=[N+]([O-])C1=C(Cl)NCC(Br)=C1. The highest BCUT2D eigenvalue weighted by molar-refractivity contribution is 9.11. The van der Waals surface area contributed by atoms with Crippen molar-refractivity contribution in [3.63, 3.8) is 0 Å². The number of hydrogen-bond donors (Lipinski definition) is 1. The second kappa shape index (κ2) is 3.23. The summed E-state index contributed by atoms with van der Waals surface area (Å²) in [7, 11) is 0. The van der Waals surface area contributed by atoms with Crippen LogP contribution in [0.2, 0.25) is 0 Å². The zero-order chi connectivity index (χ0) is 8.43. The number of halogens is 2. The maximum atomic E-state index is 10.3. The second-order valence-electron chi connectivity index (χ2n) is 1.90. The zero-order valence-corrected chi connectivity index (χ0v) is 7.65. The summed E-state index contributed by atoms with van der Waals surface area (Å²) >= 11 is 8.63. The smallest absolute Gasteiger partial charge is 0.304 e. The minimum atomic E-state index is -0.532. The molecule has 0 saturated heterocycles. The lowest BCUT2D eigenvalue weighted by molar-refractivity contribution is -0.420. The van der Waals surface area contributed by atoms with Crippen LogP contribution in [0, 0.1) is 10.1 Å². The third-order valence-corrected chi connectivity index (χ3v) is 1.96. The summed E-state index contributed by atoms with van der Waals surface area (Å²) in [6.45, 7) is 0.496. The quantitative estimate of drug-likeness (QED) is 0.429. The molecule has 0 aliphatic carbocycles. The number of nitrogens with zero attached hydrogens (tertiary/aromatic N) is 1. The summed E-state index contributed by atoms with van der Waals surface area (Å²) in [5.41, 5.74) is -0.107. The van der Waals surface area contributed by atoms with Gasteiger partial charge < -0.3 is 5.32 Å². The highest BCUT2D eigenvalue weighted by Crippen LogP contribution is 2.18. The van der Waals surface area contributed by atoms with Crippen molar-refractivity contribution in [3.05, 3.63) is 31.5 Å². The number of hydrogen-bond acceptors (Lipinski definition) is 3. The Labute approximate surface area is 76.2 Å². The molecule has 1 N–H and O–H groups in total. The molecule has 0 radical (unpaired) electrons. The van der Waals surface area contributed by atoms with Gasteiger partial charge in [0, 0.05) is 17.1 Å². The van der Waals surface area contributed by atoms with Crippen LogP contribution in [0.3, 0.4) is 0 Å². The maximum Gasteiger partial charge on any atom is 0.304 e. The van der Waals surface area contributed by atoms with Gasteiger partial charge in [0.05, 0.1) is 4.92 Å². The van der Waals surface area contributed by atoms with Crippen molar-refractivity contribution in [1.82, 2.24) is 5.32 Å². The fourth-order valence-corrected chi connectivity index (χ4v) is 1.20. The third-order valence-electron chi connectivity index (χ3n) is 1.13. The summed E-state index contributed by atoms with van der Waals surface area (Å²) in [6, 6.07) is 0. The highest BCUT2D eigenvalue weighted by Gasteiger charge is 2.18. The molecule has 0 spiro atoms. The van der Waals surface area contributed by atoms with E-state index in [2.05, 4.69) is 21.2 Å². The van der Waals surface area contributed by atoms with Gasteiger partial charge in [-0.05, 0) is 0 Å². The fraction of sp³-hybridized carbons (Fsp3) is 0.200. The molecule has 0 bridgehead atoms. The molecule has 0 aromatic carbocycles. The molecule has 0 aromatic heterocycles. The minimum absolute atomic E-state index is 0.0817. The van der Waals surface area contributed by atoms with Crippen LogP contribution in [0.5, 0.6) is 0 Å². The molecular weight excluding hydrogens is 235 g/mol. The number of allylic oxidation sites excluding steroid dienone is 1. The first-order valence-corrected chi connectivity index (χ1v) is 3.92. The van der Waals surface area contributed by atoms with E-state index in [1.54, 1.807) is 0 Å². The average molecular weight is 239 g/mol. The van der Waals surface area contributed by atoms with E-state index in [-0.39, 0.29) is 10.9 Å². The number of rotatable bonds is 1. The summed E-state index contributed by atoms with van der Waals surface area (Å²) in [5, 5.41) is 13.0. The fourth-order valence-electron chi connectivity index (χ4n) is 0.648. The maximum absolute atomic E-state index is 10.3. The van der Waals surface area contributed by atoms with Gasteiger partial charge in [0.25, 0.3) is 0 Å². The number of nitrogens with one attached hydrogen (secondary N) is 1. The molecule has 1 heterocycles. The van der Waals surface area contributed by atoms with Crippen molar-refractivity contribution in [2.24, 2.45) is 0 Å². The monoisotopic (exact) mass is 238 g/mol. The van der Waals surface area contributed by atoms with Crippen LogP contribution in [0.4, 0.5) is 0 Å². The molecule has 11 heavy (non-hydrogen) atoms. The Balaban J connectivity index is 2.98. The van der Waals surface area contributed by atoms with Gasteiger partial charge in [-0.25, -0.2) is 0 Å². The predicted octanol–water partition coefficient (Wildman–Crippen LogP) is 1.55. The van der Waals surface area contributed by atoms with Crippen LogP contribution in [-0.2, 0) is 0 Å². The van der Waals surface area contributed by atoms with Gasteiger partial charge in [0.1, 0.15) is 0 Å². The minimum Gasteiger partial charge on any atom is -0.366 e. The lowest BCUT2D eigenvalue weighted by Crippen LogP contribution is -2.19. The van der Waals surface area contributed by atoms with Crippen LogP contribution < -0.4 is 5.32 Å². The Morgan fingerprint density at radius 2 is 2.45 bits per heavy atom. The van der Waals surface area contributed by atoms with Gasteiger partial charge in [-0.3, -0.25) is 10.1 Å². The molecule has 4 nitrogen and oxygen atoms in total. The van der Waals surface area contributed by atoms with Gasteiger partial charge in [0.15, 0.2) is 5.16 Å². The number of nitro groups is 1. The van der Waals surface area contributed by atoms with Crippen molar-refractivity contribution in [3.8, 4) is 0 Å². The molecule has 0 fully saturated rings. The van der Waals surface area contributed by atoms with Gasteiger partial charge >= 0.3 is 5.70 Å². The molecule has 0 amide bonds. The topological polar surface area (TPSA) is 55.2 Å². The van der Waals surface area contributed by atoms with Gasteiger partial charge in [0.2, 0.25) is 0 Å². The van der Waals surface area contributed by atoms with Crippen LogP contribution in [0.25, 0.3) is 0 Å². The van der Waals surface area contributed by atoms with E-state index in [0.29, 0.717) is 11.0 Å². The van der Waals surface area contributed by atoms with Crippen LogP contribution in [0.1, 0.15) is 0 Å². The lowest BCUT2D eigenvalue weighted by Gasteiger charge is -2.08. The van der Waals surface area contributed by atoms with Crippen molar-refractivity contribution in [2.75, 3.05) is 6.54 Å². The van der Waals surface area contributed by atoms with Gasteiger partial charge in [-0.1, -0.05) is 27.5 Å². The molecule has 0 aromatic rings. The zero-order valence-electron chi connectivity index (χ0n) is 5.30. The Hall–Kier alpha value is -0.550. The van der Waals surface area contributed by atoms with Crippen LogP contribution >= 0.6 is 27.5 Å². The number of dihydropyridines is 1. The summed E-state index contributed by atoms with van der Waals surface area (Å²) in [6.07, 6.45) is 1.39. The molecule has 60 valence electrons. The van der Waals surface area contributed by atoms with E-state index in [1.807, 2.05) is 0 Å². The molecule has 1 aliphatic heterocycles. The molecule has 1 aliphatic rings. The molecule has 0 unspecified atom stereocenters. The van der Waals surface area contributed by atoms with Gasteiger partial charge in [-0.2, -0.15) is 0 Å². The summed E-state index contributed by atoms with van der Waals surface area (Å²) < 4.78 is 0.716. The molecular formula is C5H4BrClN2O2. The molecule has 6 heteroatoms. The van der Waals surface area contributed by atoms with E-state index in [0.717, 1.165) is 0 Å². The Bertz CT molecular complexity index is 261. The first-order chi connectivity index (χ1) is 5.11. The molecule has 0 saturated carbocycles. The average Bonchev–Trinajstić information content (AvgIpc) is 1.94. The summed E-state index contributed by atoms with van der Waals surface area (Å²) in [5.74, 6) is 0. The first-order valence-electron chi connectivity index (χ1n) is 2.75. The standard InChI is InChI=1S/C5H4BrClN2O2/c6-3-1-4(9(10)11)5(7)8-2-3/h1,8H,2H2. The Kier molecular flexibility index (Phi) is 2.51. The van der Waals surface area contributed by atoms with Crippen LogP contribution in [0.15, 0.2) is 21.4 Å². The summed E-state index contributed by atoms with van der Waals surface area (Å²) in [4.78, 5) is 9.74. The normalized spacial score (nSPS) is 17.5. The third kappa shape index (κ3) is 1.94.